The maximum Gasteiger partial charge on any atom is 0.144 e. The Hall–Kier alpha value is -0.850. The zero-order valence-electron chi connectivity index (χ0n) is 9.32. The Labute approximate surface area is 94.4 Å². The molecule has 0 radical (unpaired) electrons. The fraction of sp³-hybridized carbons (Fsp3) is 0.556. The molecule has 0 spiro atoms. The highest BCUT2D eigenvalue weighted by atomic mass is 32.2. The van der Waals surface area contributed by atoms with Gasteiger partial charge in [-0.2, -0.15) is 0 Å². The standard InChI is InChI=1S/C9H17N5S/c1-7-11-8(13-10)6-9(12-7)15-5-4-14(2)3/h6H,4-5,10H2,1-3H3,(H,11,12,13). The van der Waals surface area contributed by atoms with Gasteiger partial charge in [0.2, 0.25) is 0 Å². The first-order valence-electron chi connectivity index (χ1n) is 4.71. The lowest BCUT2D eigenvalue weighted by Crippen LogP contribution is -2.15. The minimum absolute atomic E-state index is 0.662. The Balaban J connectivity index is 2.56. The summed E-state index contributed by atoms with van der Waals surface area (Å²) in [6, 6.07) is 1.85. The molecule has 0 aliphatic heterocycles. The quantitative estimate of drug-likeness (QED) is 0.334. The molecule has 0 saturated carbocycles. The van der Waals surface area contributed by atoms with Crippen molar-refractivity contribution < 1.29 is 0 Å². The van der Waals surface area contributed by atoms with E-state index in [2.05, 4.69) is 34.4 Å². The van der Waals surface area contributed by atoms with Crippen LogP contribution in [0.25, 0.3) is 0 Å². The lowest BCUT2D eigenvalue weighted by molar-refractivity contribution is 0.437. The minimum Gasteiger partial charge on any atom is -0.309 e. The van der Waals surface area contributed by atoms with Crippen LogP contribution in [0, 0.1) is 6.92 Å². The number of aryl methyl sites for hydroxylation is 1. The van der Waals surface area contributed by atoms with Crippen LogP contribution in [0.4, 0.5) is 5.82 Å². The van der Waals surface area contributed by atoms with E-state index in [1.807, 2.05) is 13.0 Å². The first-order valence-corrected chi connectivity index (χ1v) is 5.70. The van der Waals surface area contributed by atoms with Gasteiger partial charge in [-0.05, 0) is 21.0 Å². The van der Waals surface area contributed by atoms with Crippen molar-refractivity contribution in [2.45, 2.75) is 11.9 Å². The average molecular weight is 227 g/mol. The number of nitrogens with zero attached hydrogens (tertiary/aromatic N) is 3. The van der Waals surface area contributed by atoms with E-state index in [9.17, 15) is 0 Å². The van der Waals surface area contributed by atoms with Crippen molar-refractivity contribution in [2.24, 2.45) is 5.84 Å². The van der Waals surface area contributed by atoms with Crippen molar-refractivity contribution in [1.82, 2.24) is 14.9 Å². The first-order chi connectivity index (χ1) is 7.11. The monoisotopic (exact) mass is 227 g/mol. The third-order valence-corrected chi connectivity index (χ3v) is 2.64. The number of hydrogen-bond acceptors (Lipinski definition) is 6. The number of thioether (sulfide) groups is 1. The van der Waals surface area contributed by atoms with E-state index in [0.717, 1.165) is 23.1 Å². The van der Waals surface area contributed by atoms with Crippen LogP contribution < -0.4 is 11.3 Å². The van der Waals surface area contributed by atoms with Crippen molar-refractivity contribution in [3.8, 4) is 0 Å². The van der Waals surface area contributed by atoms with E-state index in [4.69, 9.17) is 5.84 Å². The van der Waals surface area contributed by atoms with E-state index in [1.165, 1.54) is 0 Å². The largest absolute Gasteiger partial charge is 0.309 e. The van der Waals surface area contributed by atoms with Crippen LogP contribution in [0.5, 0.6) is 0 Å². The number of nitrogen functional groups attached to an aromatic ring is 1. The van der Waals surface area contributed by atoms with Crippen LogP contribution in [0.15, 0.2) is 11.1 Å². The van der Waals surface area contributed by atoms with Gasteiger partial charge >= 0.3 is 0 Å². The van der Waals surface area contributed by atoms with Gasteiger partial charge in [-0.3, -0.25) is 0 Å². The molecular formula is C9H17N5S. The van der Waals surface area contributed by atoms with Crippen molar-refractivity contribution in [3.05, 3.63) is 11.9 Å². The third-order valence-electron chi connectivity index (χ3n) is 1.75. The van der Waals surface area contributed by atoms with Crippen LogP contribution >= 0.6 is 11.8 Å². The summed E-state index contributed by atoms with van der Waals surface area (Å²) >= 11 is 1.70. The van der Waals surface area contributed by atoms with Crippen molar-refractivity contribution in [1.29, 1.82) is 0 Å². The molecule has 1 aromatic rings. The Kier molecular flexibility index (Phi) is 4.80. The van der Waals surface area contributed by atoms with E-state index in [0.29, 0.717) is 5.82 Å². The van der Waals surface area contributed by atoms with Crippen LogP contribution in [0.3, 0.4) is 0 Å². The molecule has 5 nitrogen and oxygen atoms in total. The highest BCUT2D eigenvalue weighted by Crippen LogP contribution is 2.17. The number of aromatic nitrogens is 2. The molecule has 0 atom stereocenters. The van der Waals surface area contributed by atoms with Crippen LogP contribution in [-0.2, 0) is 0 Å². The fourth-order valence-corrected chi connectivity index (χ4v) is 2.08. The first kappa shape index (κ1) is 12.2. The molecule has 1 aromatic heterocycles. The van der Waals surface area contributed by atoms with Gasteiger partial charge in [-0.25, -0.2) is 15.8 Å². The summed E-state index contributed by atoms with van der Waals surface area (Å²) in [6.45, 7) is 2.88. The van der Waals surface area contributed by atoms with Crippen molar-refractivity contribution >= 4 is 17.6 Å². The smallest absolute Gasteiger partial charge is 0.144 e. The van der Waals surface area contributed by atoms with Gasteiger partial charge in [0.05, 0.1) is 0 Å². The number of anilines is 1. The van der Waals surface area contributed by atoms with E-state index in [1.54, 1.807) is 11.8 Å². The van der Waals surface area contributed by atoms with E-state index in [-0.39, 0.29) is 0 Å². The van der Waals surface area contributed by atoms with E-state index < -0.39 is 0 Å². The SMILES string of the molecule is Cc1nc(NN)cc(SCCN(C)C)n1. The van der Waals surface area contributed by atoms with Crippen LogP contribution in [-0.4, -0.2) is 41.3 Å². The minimum atomic E-state index is 0.662. The second-order valence-corrected chi connectivity index (χ2v) is 4.55. The van der Waals surface area contributed by atoms with Gasteiger partial charge in [-0.15, -0.1) is 11.8 Å². The van der Waals surface area contributed by atoms with Crippen molar-refractivity contribution in [3.63, 3.8) is 0 Å². The third kappa shape index (κ3) is 4.46. The normalized spacial score (nSPS) is 10.7. The molecule has 1 rings (SSSR count). The topological polar surface area (TPSA) is 67.1 Å². The highest BCUT2D eigenvalue weighted by molar-refractivity contribution is 7.99. The summed E-state index contributed by atoms with van der Waals surface area (Å²) in [6.07, 6.45) is 0. The molecule has 0 fully saturated rings. The molecule has 0 saturated heterocycles. The summed E-state index contributed by atoms with van der Waals surface area (Å²) in [7, 11) is 4.11. The lowest BCUT2D eigenvalue weighted by atomic mass is 10.5. The zero-order valence-corrected chi connectivity index (χ0v) is 10.1. The lowest BCUT2D eigenvalue weighted by Gasteiger charge is -2.09. The fourth-order valence-electron chi connectivity index (χ4n) is 1.02. The summed E-state index contributed by atoms with van der Waals surface area (Å²) < 4.78 is 0. The average Bonchev–Trinajstić information content (AvgIpc) is 2.16. The number of hydrazine groups is 1. The van der Waals surface area contributed by atoms with Gasteiger partial charge in [0.25, 0.3) is 0 Å². The molecule has 84 valence electrons. The van der Waals surface area contributed by atoms with Gasteiger partial charge < -0.3 is 10.3 Å². The van der Waals surface area contributed by atoms with Crippen LogP contribution in [0.1, 0.15) is 5.82 Å². The zero-order chi connectivity index (χ0) is 11.3. The molecular weight excluding hydrogens is 210 g/mol. The van der Waals surface area contributed by atoms with Crippen LogP contribution in [0.2, 0.25) is 0 Å². The molecule has 1 heterocycles. The molecule has 0 aromatic carbocycles. The number of nitrogens with one attached hydrogen (secondary N) is 1. The highest BCUT2D eigenvalue weighted by Gasteiger charge is 2.01. The maximum atomic E-state index is 5.31. The number of nitrogens with two attached hydrogens (primary N) is 1. The Morgan fingerprint density at radius 1 is 1.47 bits per heavy atom. The molecule has 0 aliphatic rings. The number of hydrogen-bond donors (Lipinski definition) is 2. The van der Waals surface area contributed by atoms with Crippen molar-refractivity contribution in [2.75, 3.05) is 31.8 Å². The Morgan fingerprint density at radius 3 is 2.80 bits per heavy atom. The second-order valence-electron chi connectivity index (χ2n) is 3.43. The predicted octanol–water partition coefficient (Wildman–Crippen LogP) is 0.724. The van der Waals surface area contributed by atoms with Gasteiger partial charge in [0, 0.05) is 18.4 Å². The van der Waals surface area contributed by atoms with Gasteiger partial charge in [0.1, 0.15) is 16.7 Å². The molecule has 0 amide bonds. The number of rotatable bonds is 5. The molecule has 0 bridgehead atoms. The van der Waals surface area contributed by atoms with Gasteiger partial charge in [0.15, 0.2) is 0 Å². The second kappa shape index (κ2) is 5.89. The van der Waals surface area contributed by atoms with E-state index >= 15 is 0 Å². The Morgan fingerprint density at radius 2 is 2.20 bits per heavy atom. The summed E-state index contributed by atoms with van der Waals surface area (Å²) in [5, 5.41) is 0.956. The summed E-state index contributed by atoms with van der Waals surface area (Å²) in [5.74, 6) is 7.71. The molecule has 6 heteroatoms. The summed E-state index contributed by atoms with van der Waals surface area (Å²) in [4.78, 5) is 10.6. The Bertz CT molecular complexity index is 315. The molecule has 0 unspecified atom stereocenters. The molecule has 15 heavy (non-hydrogen) atoms. The maximum absolute atomic E-state index is 5.31. The molecule has 3 N–H and O–H groups in total. The predicted molar refractivity (Wildman–Crippen MR) is 63.9 cm³/mol. The molecule has 0 aliphatic carbocycles. The summed E-state index contributed by atoms with van der Waals surface area (Å²) in [5.41, 5.74) is 2.53. The van der Waals surface area contributed by atoms with Gasteiger partial charge in [-0.1, -0.05) is 0 Å².